The molecule has 1 atom stereocenters. The van der Waals surface area contributed by atoms with E-state index in [2.05, 4.69) is 12.2 Å². The van der Waals surface area contributed by atoms with E-state index in [1.807, 2.05) is 0 Å². The molecule has 4 heteroatoms. The maximum absolute atomic E-state index is 13.3. The van der Waals surface area contributed by atoms with Gasteiger partial charge in [-0.3, -0.25) is 0 Å². The van der Waals surface area contributed by atoms with E-state index in [4.69, 9.17) is 0 Å². The van der Waals surface area contributed by atoms with Gasteiger partial charge in [-0.15, -0.1) is 0 Å². The van der Waals surface area contributed by atoms with Crippen molar-refractivity contribution in [1.29, 1.82) is 0 Å². The van der Waals surface area contributed by atoms with Gasteiger partial charge in [-0.05, 0) is 49.4 Å². The Kier molecular flexibility index (Phi) is 5.08. The van der Waals surface area contributed by atoms with Crippen LogP contribution in [-0.2, 0) is 0 Å². The topological polar surface area (TPSA) is 12.0 Å². The molecule has 1 unspecified atom stereocenters. The third-order valence-electron chi connectivity index (χ3n) is 4.08. The average molecular weight is 285 g/mol. The van der Waals surface area contributed by atoms with Gasteiger partial charge in [-0.1, -0.05) is 19.1 Å². The maximum Gasteiger partial charge on any atom is 0.248 e. The van der Waals surface area contributed by atoms with Crippen molar-refractivity contribution in [3.8, 4) is 0 Å². The first kappa shape index (κ1) is 15.4. The van der Waals surface area contributed by atoms with Gasteiger partial charge in [0.15, 0.2) is 0 Å². The zero-order valence-electron chi connectivity index (χ0n) is 11.8. The van der Waals surface area contributed by atoms with Crippen LogP contribution in [0.25, 0.3) is 0 Å². The number of rotatable bonds is 5. The monoisotopic (exact) mass is 285 g/mol. The van der Waals surface area contributed by atoms with Crippen molar-refractivity contribution in [3.05, 3.63) is 35.6 Å². The summed E-state index contributed by atoms with van der Waals surface area (Å²) in [7, 11) is 0. The Morgan fingerprint density at radius 2 is 1.80 bits per heavy atom. The molecule has 2 rings (SSSR count). The van der Waals surface area contributed by atoms with Crippen LogP contribution in [0, 0.1) is 11.7 Å². The molecule has 0 aliphatic heterocycles. The molecule has 0 saturated heterocycles. The largest absolute Gasteiger partial charge is 0.310 e. The zero-order chi connectivity index (χ0) is 14.6. The Morgan fingerprint density at radius 1 is 1.20 bits per heavy atom. The van der Waals surface area contributed by atoms with Crippen LogP contribution >= 0.6 is 0 Å². The molecule has 1 saturated carbocycles. The summed E-state index contributed by atoms with van der Waals surface area (Å²) in [6, 6.07) is 6.44. The first-order chi connectivity index (χ1) is 9.52. The van der Waals surface area contributed by atoms with Crippen molar-refractivity contribution < 1.29 is 13.2 Å². The number of nitrogens with one attached hydrogen (secondary N) is 1. The molecule has 1 aromatic carbocycles. The minimum atomic E-state index is -2.51. The van der Waals surface area contributed by atoms with Gasteiger partial charge in [0, 0.05) is 18.9 Å². The van der Waals surface area contributed by atoms with Crippen LogP contribution in [0.3, 0.4) is 0 Å². The van der Waals surface area contributed by atoms with Gasteiger partial charge in [-0.25, -0.2) is 13.2 Å². The van der Waals surface area contributed by atoms with Gasteiger partial charge < -0.3 is 5.32 Å². The number of hydrogen-bond donors (Lipinski definition) is 1. The molecule has 0 aromatic heterocycles. The van der Waals surface area contributed by atoms with E-state index in [1.54, 1.807) is 12.1 Å². The van der Waals surface area contributed by atoms with Crippen molar-refractivity contribution >= 4 is 0 Å². The third kappa shape index (κ3) is 3.98. The highest BCUT2D eigenvalue weighted by Crippen LogP contribution is 2.41. The fourth-order valence-electron chi connectivity index (χ4n) is 2.92. The predicted octanol–water partition coefficient (Wildman–Crippen LogP) is 4.69. The van der Waals surface area contributed by atoms with E-state index in [0.717, 1.165) is 18.5 Å². The summed E-state index contributed by atoms with van der Waals surface area (Å²) in [5, 5.41) is 3.43. The van der Waals surface area contributed by atoms with Crippen LogP contribution in [0.15, 0.2) is 24.3 Å². The highest BCUT2D eigenvalue weighted by atomic mass is 19.3. The summed E-state index contributed by atoms with van der Waals surface area (Å²) in [5.74, 6) is -2.57. The van der Waals surface area contributed by atoms with E-state index < -0.39 is 5.92 Å². The van der Waals surface area contributed by atoms with Crippen molar-refractivity contribution in [2.45, 2.75) is 51.0 Å². The summed E-state index contributed by atoms with van der Waals surface area (Å²) >= 11 is 0. The lowest BCUT2D eigenvalue weighted by Crippen LogP contribution is -2.34. The number of hydrogen-bond acceptors (Lipinski definition) is 1. The second-order valence-corrected chi connectivity index (χ2v) is 5.68. The van der Waals surface area contributed by atoms with Crippen LogP contribution in [-0.4, -0.2) is 12.5 Å². The van der Waals surface area contributed by atoms with Crippen LogP contribution in [0.5, 0.6) is 0 Å². The number of benzene rings is 1. The first-order valence-corrected chi connectivity index (χ1v) is 7.38. The second kappa shape index (κ2) is 6.61. The minimum absolute atomic E-state index is 0.0385. The van der Waals surface area contributed by atoms with E-state index >= 15 is 0 Å². The summed E-state index contributed by atoms with van der Waals surface area (Å²) < 4.78 is 39.6. The van der Waals surface area contributed by atoms with E-state index in [1.165, 1.54) is 12.1 Å². The van der Waals surface area contributed by atoms with Crippen LogP contribution in [0.4, 0.5) is 13.2 Å². The van der Waals surface area contributed by atoms with Crippen molar-refractivity contribution in [2.75, 3.05) is 6.54 Å². The smallest absolute Gasteiger partial charge is 0.248 e. The lowest BCUT2D eigenvalue weighted by Gasteiger charge is -2.34. The van der Waals surface area contributed by atoms with Gasteiger partial charge in [0.2, 0.25) is 5.92 Å². The normalized spacial score (nSPS) is 20.8. The van der Waals surface area contributed by atoms with Crippen molar-refractivity contribution in [3.63, 3.8) is 0 Å². The fourth-order valence-corrected chi connectivity index (χ4v) is 2.92. The molecule has 0 radical (unpaired) electrons. The summed E-state index contributed by atoms with van der Waals surface area (Å²) in [5.41, 5.74) is 0.995. The van der Waals surface area contributed by atoms with Crippen LogP contribution in [0.2, 0.25) is 0 Å². The summed E-state index contributed by atoms with van der Waals surface area (Å²) in [6.07, 6.45) is 1.95. The summed E-state index contributed by atoms with van der Waals surface area (Å²) in [4.78, 5) is 0. The highest BCUT2D eigenvalue weighted by molar-refractivity contribution is 5.21. The molecule has 1 N–H and O–H groups in total. The molecule has 1 aromatic rings. The molecule has 0 amide bonds. The Hall–Kier alpha value is -1.03. The van der Waals surface area contributed by atoms with Gasteiger partial charge >= 0.3 is 0 Å². The highest BCUT2D eigenvalue weighted by Gasteiger charge is 2.37. The van der Waals surface area contributed by atoms with Crippen LogP contribution in [0.1, 0.15) is 50.6 Å². The number of halogens is 3. The third-order valence-corrected chi connectivity index (χ3v) is 4.08. The lowest BCUT2D eigenvalue weighted by molar-refractivity contribution is -0.0497. The first-order valence-electron chi connectivity index (χ1n) is 7.38. The average Bonchev–Trinajstić information content (AvgIpc) is 2.42. The van der Waals surface area contributed by atoms with E-state index in [-0.39, 0.29) is 30.6 Å². The molecule has 1 aliphatic carbocycles. The molecule has 20 heavy (non-hydrogen) atoms. The van der Waals surface area contributed by atoms with E-state index in [0.29, 0.717) is 12.8 Å². The maximum atomic E-state index is 13.3. The molecule has 1 aliphatic rings. The Balaban J connectivity index is 2.09. The quantitative estimate of drug-likeness (QED) is 0.827. The van der Waals surface area contributed by atoms with Gasteiger partial charge in [0.1, 0.15) is 5.82 Å². The fraction of sp³-hybridized carbons (Fsp3) is 0.625. The van der Waals surface area contributed by atoms with Gasteiger partial charge in [0.05, 0.1) is 0 Å². The molecule has 0 heterocycles. The van der Waals surface area contributed by atoms with E-state index in [9.17, 15) is 13.2 Å². The Bertz CT molecular complexity index is 406. The van der Waals surface area contributed by atoms with Crippen molar-refractivity contribution in [1.82, 2.24) is 5.32 Å². The molecule has 0 spiro atoms. The van der Waals surface area contributed by atoms with Gasteiger partial charge in [0.25, 0.3) is 0 Å². The SMILES string of the molecule is CCCNC(c1ccc(F)cc1)C1CCC(F)(F)CC1. The summed E-state index contributed by atoms with van der Waals surface area (Å²) in [6.45, 7) is 2.92. The Morgan fingerprint density at radius 3 is 2.35 bits per heavy atom. The van der Waals surface area contributed by atoms with Gasteiger partial charge in [-0.2, -0.15) is 0 Å². The number of alkyl halides is 2. The van der Waals surface area contributed by atoms with Crippen molar-refractivity contribution in [2.24, 2.45) is 5.92 Å². The molecule has 112 valence electrons. The molecular formula is C16H22F3N. The lowest BCUT2D eigenvalue weighted by atomic mass is 9.79. The standard InChI is InChI=1S/C16H22F3N/c1-2-11-20-15(12-3-5-14(17)6-4-12)13-7-9-16(18,19)10-8-13/h3-6,13,15,20H,2,7-11H2,1H3. The second-order valence-electron chi connectivity index (χ2n) is 5.68. The zero-order valence-corrected chi connectivity index (χ0v) is 11.8. The van der Waals surface area contributed by atoms with Crippen LogP contribution < -0.4 is 5.32 Å². The molecule has 1 nitrogen and oxygen atoms in total. The predicted molar refractivity (Wildman–Crippen MR) is 74.3 cm³/mol. The molecule has 1 fully saturated rings. The Labute approximate surface area is 118 Å². The molecular weight excluding hydrogens is 263 g/mol. The molecule has 0 bridgehead atoms. The minimum Gasteiger partial charge on any atom is -0.310 e.